The van der Waals surface area contributed by atoms with Crippen LogP contribution in [0.25, 0.3) is 0 Å². The Balaban J connectivity index is 1.97. The molecule has 0 bridgehead atoms. The number of hydrogen-bond acceptors (Lipinski definition) is 3. The Morgan fingerprint density at radius 1 is 0.912 bits per heavy atom. The number of hydrogen-bond donors (Lipinski definition) is 1. The fraction of sp³-hybridized carbons (Fsp3) is 0.286. The van der Waals surface area contributed by atoms with Crippen LogP contribution in [0, 0.1) is 0 Å². The number of nitrogens with zero attached hydrogens (tertiary/aromatic N) is 1. The summed E-state index contributed by atoms with van der Waals surface area (Å²) >= 11 is 6.02. The van der Waals surface area contributed by atoms with Crippen LogP contribution in [-0.4, -0.2) is 35.9 Å². The first kappa shape index (κ1) is 25.3. The highest BCUT2D eigenvalue weighted by atomic mass is 35.5. The van der Waals surface area contributed by atoms with Crippen LogP contribution in [0.3, 0.4) is 0 Å². The maximum Gasteiger partial charge on any atom is 0.243 e. The Kier molecular flexibility index (Phi) is 9.11. The molecule has 6 heteroatoms. The van der Waals surface area contributed by atoms with E-state index in [0.29, 0.717) is 17.2 Å². The summed E-state index contributed by atoms with van der Waals surface area (Å²) < 4.78 is 5.36. The van der Waals surface area contributed by atoms with E-state index in [1.54, 1.807) is 24.1 Å². The van der Waals surface area contributed by atoms with E-state index in [-0.39, 0.29) is 30.8 Å². The van der Waals surface area contributed by atoms with E-state index in [1.165, 1.54) is 0 Å². The summed E-state index contributed by atoms with van der Waals surface area (Å²) in [4.78, 5) is 28.7. The van der Waals surface area contributed by atoms with Gasteiger partial charge in [-0.25, -0.2) is 0 Å². The molecule has 0 aliphatic carbocycles. The second kappa shape index (κ2) is 12.2. The Labute approximate surface area is 206 Å². The Morgan fingerprint density at radius 3 is 2.24 bits per heavy atom. The van der Waals surface area contributed by atoms with Crippen molar-refractivity contribution in [2.75, 3.05) is 7.11 Å². The largest absolute Gasteiger partial charge is 0.497 e. The molecule has 0 aliphatic rings. The van der Waals surface area contributed by atoms with Gasteiger partial charge in [0.25, 0.3) is 0 Å². The zero-order valence-corrected chi connectivity index (χ0v) is 20.6. The van der Waals surface area contributed by atoms with Crippen LogP contribution < -0.4 is 10.1 Å². The van der Waals surface area contributed by atoms with Gasteiger partial charge < -0.3 is 15.0 Å². The number of carbonyl (C=O) groups excluding carboxylic acids is 2. The van der Waals surface area contributed by atoms with Crippen molar-refractivity contribution in [3.63, 3.8) is 0 Å². The minimum absolute atomic E-state index is 0.0455. The van der Waals surface area contributed by atoms with Gasteiger partial charge in [-0.2, -0.15) is 0 Å². The van der Waals surface area contributed by atoms with Crippen molar-refractivity contribution in [3.05, 3.63) is 101 Å². The van der Waals surface area contributed by atoms with Crippen LogP contribution in [0.4, 0.5) is 0 Å². The minimum atomic E-state index is -0.671. The molecule has 2 amide bonds. The number of nitrogens with one attached hydrogen (secondary N) is 1. The number of halogens is 1. The SMILES string of the molecule is COc1cccc(CN(C(=O)Cc2ccc(Cl)cc2)[C@@H](Cc2ccccc2)C(=O)NC(C)C)c1. The van der Waals surface area contributed by atoms with Crippen molar-refractivity contribution in [1.82, 2.24) is 10.2 Å². The predicted molar refractivity (Wildman–Crippen MR) is 136 cm³/mol. The maximum absolute atomic E-state index is 13.7. The van der Waals surface area contributed by atoms with Gasteiger partial charge in [-0.3, -0.25) is 9.59 Å². The zero-order chi connectivity index (χ0) is 24.5. The molecule has 0 saturated carbocycles. The molecule has 34 heavy (non-hydrogen) atoms. The van der Waals surface area contributed by atoms with E-state index < -0.39 is 6.04 Å². The lowest BCUT2D eigenvalue weighted by Gasteiger charge is -2.32. The standard InChI is InChI=1S/C28H31ClN2O3/c1-20(2)30-28(33)26(17-21-8-5-4-6-9-21)31(19-23-10-7-11-25(16-23)34-3)27(32)18-22-12-14-24(29)15-13-22/h4-16,20,26H,17-19H2,1-3H3,(H,30,33)/t26-/m0/s1. The van der Waals surface area contributed by atoms with Crippen molar-refractivity contribution in [1.29, 1.82) is 0 Å². The molecule has 0 radical (unpaired) electrons. The molecule has 0 fully saturated rings. The van der Waals surface area contributed by atoms with E-state index >= 15 is 0 Å². The Morgan fingerprint density at radius 2 is 1.59 bits per heavy atom. The molecule has 1 atom stereocenters. The zero-order valence-electron chi connectivity index (χ0n) is 19.8. The lowest BCUT2D eigenvalue weighted by atomic mass is 10.0. The summed E-state index contributed by atoms with van der Waals surface area (Å²) in [6.45, 7) is 4.12. The van der Waals surface area contributed by atoms with Gasteiger partial charge in [0, 0.05) is 24.0 Å². The van der Waals surface area contributed by atoms with Crippen molar-refractivity contribution >= 4 is 23.4 Å². The van der Waals surface area contributed by atoms with Gasteiger partial charge in [-0.1, -0.05) is 66.2 Å². The fourth-order valence-electron chi connectivity index (χ4n) is 3.78. The lowest BCUT2D eigenvalue weighted by Crippen LogP contribution is -2.52. The minimum Gasteiger partial charge on any atom is -0.497 e. The number of rotatable bonds is 10. The quantitative estimate of drug-likeness (QED) is 0.443. The molecule has 0 saturated heterocycles. The van der Waals surface area contributed by atoms with Crippen molar-refractivity contribution in [2.45, 2.75) is 45.3 Å². The van der Waals surface area contributed by atoms with E-state index in [2.05, 4.69) is 5.32 Å². The number of benzene rings is 3. The van der Waals surface area contributed by atoms with Crippen LogP contribution in [0.5, 0.6) is 5.75 Å². The highest BCUT2D eigenvalue weighted by Gasteiger charge is 2.30. The summed E-state index contributed by atoms with van der Waals surface area (Å²) in [6, 6.07) is 23.8. The van der Waals surface area contributed by atoms with E-state index in [9.17, 15) is 9.59 Å². The summed E-state index contributed by atoms with van der Waals surface area (Å²) in [5.41, 5.74) is 2.72. The fourth-order valence-corrected chi connectivity index (χ4v) is 3.91. The molecule has 3 aromatic rings. The van der Waals surface area contributed by atoms with Crippen molar-refractivity contribution in [3.8, 4) is 5.75 Å². The summed E-state index contributed by atoms with van der Waals surface area (Å²) in [6.07, 6.45) is 0.580. The number of ether oxygens (including phenoxy) is 1. The third-order valence-corrected chi connectivity index (χ3v) is 5.71. The molecule has 1 N–H and O–H groups in total. The van der Waals surface area contributed by atoms with E-state index in [0.717, 1.165) is 16.7 Å². The normalized spacial score (nSPS) is 11.7. The molecule has 0 spiro atoms. The Bertz CT molecular complexity index is 1080. The predicted octanol–water partition coefficient (Wildman–Crippen LogP) is 5.06. The van der Waals surface area contributed by atoms with Crippen LogP contribution >= 0.6 is 11.6 Å². The lowest BCUT2D eigenvalue weighted by molar-refractivity contribution is -0.141. The number of carbonyl (C=O) groups is 2. The van der Waals surface area contributed by atoms with Crippen LogP contribution in [0.1, 0.15) is 30.5 Å². The molecule has 0 heterocycles. The second-order valence-corrected chi connectivity index (χ2v) is 8.98. The molecule has 0 unspecified atom stereocenters. The van der Waals surface area contributed by atoms with Crippen molar-refractivity contribution < 1.29 is 14.3 Å². The smallest absolute Gasteiger partial charge is 0.243 e. The summed E-state index contributed by atoms with van der Waals surface area (Å²) in [7, 11) is 1.61. The first-order valence-corrected chi connectivity index (χ1v) is 11.7. The van der Waals surface area contributed by atoms with Gasteiger partial charge in [0.15, 0.2) is 0 Å². The summed E-state index contributed by atoms with van der Waals surface area (Å²) in [5.74, 6) is 0.394. The van der Waals surface area contributed by atoms with Gasteiger partial charge in [0.05, 0.1) is 13.5 Å². The van der Waals surface area contributed by atoms with Gasteiger partial charge >= 0.3 is 0 Å². The maximum atomic E-state index is 13.7. The highest BCUT2D eigenvalue weighted by molar-refractivity contribution is 6.30. The molecule has 0 aliphatic heterocycles. The van der Waals surface area contributed by atoms with Crippen LogP contribution in [0.15, 0.2) is 78.9 Å². The molecule has 3 rings (SSSR count). The third kappa shape index (κ3) is 7.35. The van der Waals surface area contributed by atoms with Crippen LogP contribution in [-0.2, 0) is 29.0 Å². The van der Waals surface area contributed by atoms with Gasteiger partial charge in [-0.15, -0.1) is 0 Å². The van der Waals surface area contributed by atoms with E-state index in [4.69, 9.17) is 16.3 Å². The number of amides is 2. The van der Waals surface area contributed by atoms with E-state index in [1.807, 2.05) is 80.6 Å². The van der Waals surface area contributed by atoms with Crippen molar-refractivity contribution in [2.24, 2.45) is 0 Å². The molecule has 3 aromatic carbocycles. The average Bonchev–Trinajstić information content (AvgIpc) is 2.83. The first-order chi connectivity index (χ1) is 16.4. The first-order valence-electron chi connectivity index (χ1n) is 11.4. The third-order valence-electron chi connectivity index (χ3n) is 5.46. The summed E-state index contributed by atoms with van der Waals surface area (Å²) in [5, 5.41) is 3.62. The molecule has 5 nitrogen and oxygen atoms in total. The molecular weight excluding hydrogens is 448 g/mol. The highest BCUT2D eigenvalue weighted by Crippen LogP contribution is 2.20. The molecular formula is C28H31ClN2O3. The monoisotopic (exact) mass is 478 g/mol. The molecule has 178 valence electrons. The molecule has 0 aromatic heterocycles. The van der Waals surface area contributed by atoms with Gasteiger partial charge in [-0.05, 0) is 54.8 Å². The average molecular weight is 479 g/mol. The van der Waals surface area contributed by atoms with Crippen LogP contribution in [0.2, 0.25) is 5.02 Å². The Hall–Kier alpha value is -3.31. The van der Waals surface area contributed by atoms with Gasteiger partial charge in [0.2, 0.25) is 11.8 Å². The number of methoxy groups -OCH3 is 1. The second-order valence-electron chi connectivity index (χ2n) is 8.55. The topological polar surface area (TPSA) is 58.6 Å². The van der Waals surface area contributed by atoms with Gasteiger partial charge in [0.1, 0.15) is 11.8 Å².